The summed E-state index contributed by atoms with van der Waals surface area (Å²) in [6.07, 6.45) is 1.70. The van der Waals surface area contributed by atoms with Gasteiger partial charge in [0.05, 0.1) is 18.1 Å². The van der Waals surface area contributed by atoms with E-state index in [0.29, 0.717) is 38.4 Å². The van der Waals surface area contributed by atoms with Crippen molar-refractivity contribution in [2.75, 3.05) is 32.8 Å². The highest BCUT2D eigenvalue weighted by molar-refractivity contribution is 7.89. The number of nitrogens with zero attached hydrogens (tertiary/aromatic N) is 1. The molecule has 0 atom stereocenters. The molecule has 7 heteroatoms. The van der Waals surface area contributed by atoms with Crippen LogP contribution in [0.2, 0.25) is 0 Å². The van der Waals surface area contributed by atoms with Crippen LogP contribution in [0.3, 0.4) is 0 Å². The van der Waals surface area contributed by atoms with Crippen molar-refractivity contribution in [3.8, 4) is 0 Å². The molecule has 1 N–H and O–H groups in total. The van der Waals surface area contributed by atoms with E-state index in [9.17, 15) is 13.2 Å². The molecule has 2 aromatic rings. The molecular formula is C21H26N2O4S. The van der Waals surface area contributed by atoms with Gasteiger partial charge in [0.15, 0.2) is 0 Å². The molecular weight excluding hydrogens is 376 g/mol. The predicted molar refractivity (Wildman–Crippen MR) is 108 cm³/mol. The minimum Gasteiger partial charge on any atom is -0.379 e. The third-order valence-electron chi connectivity index (χ3n) is 4.83. The van der Waals surface area contributed by atoms with Crippen LogP contribution < -0.4 is 5.32 Å². The number of rotatable bonds is 7. The molecule has 1 fully saturated rings. The first-order valence-corrected chi connectivity index (χ1v) is 10.9. The van der Waals surface area contributed by atoms with Crippen LogP contribution in [-0.2, 0) is 21.2 Å². The number of carbonyl (C=O) groups is 1. The van der Waals surface area contributed by atoms with E-state index in [1.165, 1.54) is 15.9 Å². The number of hydrogen-bond acceptors (Lipinski definition) is 4. The van der Waals surface area contributed by atoms with Gasteiger partial charge in [0, 0.05) is 25.2 Å². The maximum Gasteiger partial charge on any atom is 0.251 e. The summed E-state index contributed by atoms with van der Waals surface area (Å²) in [7, 11) is -3.62. The Balaban J connectivity index is 1.64. The smallest absolute Gasteiger partial charge is 0.251 e. The Hall–Kier alpha value is -2.22. The van der Waals surface area contributed by atoms with Gasteiger partial charge in [-0.25, -0.2) is 8.42 Å². The van der Waals surface area contributed by atoms with Crippen LogP contribution in [0.25, 0.3) is 0 Å². The minimum absolute atomic E-state index is 0.148. The molecule has 6 nitrogen and oxygen atoms in total. The quantitative estimate of drug-likeness (QED) is 0.722. The number of hydrogen-bond donors (Lipinski definition) is 1. The van der Waals surface area contributed by atoms with Gasteiger partial charge in [0.25, 0.3) is 5.91 Å². The third-order valence-corrected chi connectivity index (χ3v) is 6.73. The fourth-order valence-corrected chi connectivity index (χ4v) is 4.61. The second-order valence-electron chi connectivity index (χ2n) is 6.84. The van der Waals surface area contributed by atoms with Crippen LogP contribution in [0.15, 0.2) is 53.4 Å². The summed E-state index contributed by atoms with van der Waals surface area (Å²) >= 11 is 0. The molecule has 0 saturated carbocycles. The fourth-order valence-electron chi connectivity index (χ4n) is 3.18. The average molecular weight is 403 g/mol. The monoisotopic (exact) mass is 402 g/mol. The van der Waals surface area contributed by atoms with Gasteiger partial charge in [0.1, 0.15) is 0 Å². The van der Waals surface area contributed by atoms with Crippen molar-refractivity contribution in [3.05, 3.63) is 65.2 Å². The van der Waals surface area contributed by atoms with E-state index in [0.717, 1.165) is 18.4 Å². The van der Waals surface area contributed by atoms with Crippen molar-refractivity contribution >= 4 is 15.9 Å². The number of amides is 1. The second kappa shape index (κ2) is 9.32. The van der Waals surface area contributed by atoms with Gasteiger partial charge in [-0.2, -0.15) is 4.31 Å². The fraction of sp³-hybridized carbons (Fsp3) is 0.381. The molecule has 1 aliphatic rings. The second-order valence-corrected chi connectivity index (χ2v) is 8.78. The Bertz CT molecular complexity index is 907. The lowest BCUT2D eigenvalue weighted by atomic mass is 10.1. The summed E-state index contributed by atoms with van der Waals surface area (Å²) in [5.41, 5.74) is 2.38. The molecule has 0 aliphatic carbocycles. The zero-order valence-corrected chi connectivity index (χ0v) is 16.9. The Morgan fingerprint density at radius 2 is 1.82 bits per heavy atom. The van der Waals surface area contributed by atoms with Gasteiger partial charge in [-0.05, 0) is 43.0 Å². The van der Waals surface area contributed by atoms with E-state index < -0.39 is 10.0 Å². The van der Waals surface area contributed by atoms with Crippen LogP contribution in [0, 0.1) is 6.92 Å². The van der Waals surface area contributed by atoms with E-state index in [1.54, 1.807) is 12.1 Å². The van der Waals surface area contributed by atoms with Crippen molar-refractivity contribution < 1.29 is 17.9 Å². The van der Waals surface area contributed by atoms with Gasteiger partial charge in [-0.3, -0.25) is 4.79 Å². The highest BCUT2D eigenvalue weighted by Crippen LogP contribution is 2.20. The standard InChI is InChI=1S/C21H26N2O4S/c1-17-9-10-19(28(25,26)23-12-14-27-15-13-23)16-20(17)21(24)22-11-5-8-18-6-3-2-4-7-18/h2-4,6-7,9-10,16H,5,8,11-15H2,1H3,(H,22,24). The maximum atomic E-state index is 12.8. The van der Waals surface area contributed by atoms with Gasteiger partial charge < -0.3 is 10.1 Å². The Morgan fingerprint density at radius 3 is 2.54 bits per heavy atom. The lowest BCUT2D eigenvalue weighted by molar-refractivity contribution is 0.0730. The van der Waals surface area contributed by atoms with Crippen LogP contribution in [0.5, 0.6) is 0 Å². The van der Waals surface area contributed by atoms with Gasteiger partial charge in [-0.1, -0.05) is 36.4 Å². The molecule has 1 aliphatic heterocycles. The largest absolute Gasteiger partial charge is 0.379 e. The van der Waals surface area contributed by atoms with Crippen LogP contribution >= 0.6 is 0 Å². The SMILES string of the molecule is Cc1ccc(S(=O)(=O)N2CCOCC2)cc1C(=O)NCCCc1ccccc1. The van der Waals surface area contributed by atoms with E-state index in [1.807, 2.05) is 25.1 Å². The Labute approximate surface area is 166 Å². The molecule has 3 rings (SSSR count). The number of benzene rings is 2. The van der Waals surface area contributed by atoms with Crippen LogP contribution in [0.1, 0.15) is 27.9 Å². The molecule has 1 saturated heterocycles. The first-order chi connectivity index (χ1) is 13.5. The minimum atomic E-state index is -3.62. The summed E-state index contributed by atoms with van der Waals surface area (Å²) in [6, 6.07) is 14.8. The van der Waals surface area contributed by atoms with Crippen molar-refractivity contribution in [1.82, 2.24) is 9.62 Å². The number of sulfonamides is 1. The lowest BCUT2D eigenvalue weighted by Crippen LogP contribution is -2.40. The molecule has 2 aromatic carbocycles. The van der Waals surface area contributed by atoms with Crippen molar-refractivity contribution in [2.45, 2.75) is 24.7 Å². The molecule has 1 heterocycles. The number of morpholine rings is 1. The van der Waals surface area contributed by atoms with Crippen molar-refractivity contribution in [3.63, 3.8) is 0 Å². The molecule has 0 unspecified atom stereocenters. The first kappa shape index (κ1) is 20.5. The van der Waals surface area contributed by atoms with Crippen LogP contribution in [0.4, 0.5) is 0 Å². The molecule has 0 aromatic heterocycles. The molecule has 150 valence electrons. The van der Waals surface area contributed by atoms with Gasteiger partial charge in [0.2, 0.25) is 10.0 Å². The number of nitrogens with one attached hydrogen (secondary N) is 1. The maximum absolute atomic E-state index is 12.8. The Morgan fingerprint density at radius 1 is 1.11 bits per heavy atom. The van der Waals surface area contributed by atoms with E-state index in [4.69, 9.17) is 4.74 Å². The average Bonchev–Trinajstić information content (AvgIpc) is 2.72. The normalized spacial score (nSPS) is 15.3. The molecule has 0 spiro atoms. The van der Waals surface area contributed by atoms with Crippen molar-refractivity contribution in [1.29, 1.82) is 0 Å². The first-order valence-electron chi connectivity index (χ1n) is 9.49. The molecule has 0 bridgehead atoms. The highest BCUT2D eigenvalue weighted by Gasteiger charge is 2.27. The zero-order valence-electron chi connectivity index (χ0n) is 16.1. The lowest BCUT2D eigenvalue weighted by Gasteiger charge is -2.26. The van der Waals surface area contributed by atoms with Crippen molar-refractivity contribution in [2.24, 2.45) is 0 Å². The zero-order chi connectivity index (χ0) is 20.0. The number of carbonyl (C=O) groups excluding carboxylic acids is 1. The number of ether oxygens (including phenoxy) is 1. The van der Waals surface area contributed by atoms with E-state index >= 15 is 0 Å². The van der Waals surface area contributed by atoms with E-state index in [-0.39, 0.29) is 10.8 Å². The summed E-state index contributed by atoms with van der Waals surface area (Å²) in [4.78, 5) is 12.7. The van der Waals surface area contributed by atoms with Crippen LogP contribution in [-0.4, -0.2) is 51.5 Å². The molecule has 28 heavy (non-hydrogen) atoms. The number of aryl methyl sites for hydroxylation is 2. The van der Waals surface area contributed by atoms with E-state index in [2.05, 4.69) is 17.4 Å². The summed E-state index contributed by atoms with van der Waals surface area (Å²) in [5, 5.41) is 2.90. The topological polar surface area (TPSA) is 75.7 Å². The summed E-state index contributed by atoms with van der Waals surface area (Å²) < 4.78 is 32.3. The predicted octanol–water partition coefficient (Wildman–Crippen LogP) is 2.38. The summed E-state index contributed by atoms with van der Waals surface area (Å²) in [6.45, 7) is 3.78. The van der Waals surface area contributed by atoms with Gasteiger partial charge >= 0.3 is 0 Å². The molecule has 0 radical (unpaired) electrons. The van der Waals surface area contributed by atoms with Gasteiger partial charge in [-0.15, -0.1) is 0 Å². The highest BCUT2D eigenvalue weighted by atomic mass is 32.2. The summed E-state index contributed by atoms with van der Waals surface area (Å²) in [5.74, 6) is -0.246. The Kier molecular flexibility index (Phi) is 6.83. The molecule has 1 amide bonds. The third kappa shape index (κ3) is 4.98.